The molecule has 1 aliphatic rings. The topological polar surface area (TPSA) is 59.2 Å². The molecule has 0 aliphatic carbocycles. The predicted molar refractivity (Wildman–Crippen MR) is 86.7 cm³/mol. The van der Waals surface area contributed by atoms with Crippen LogP contribution in [0.4, 0.5) is 0 Å². The number of rotatable bonds is 4. The van der Waals surface area contributed by atoms with Crippen molar-refractivity contribution in [2.24, 2.45) is 5.92 Å². The molecule has 122 valence electrons. The minimum absolute atomic E-state index is 0.0572. The number of hydrogen-bond donors (Lipinski definition) is 0. The third kappa shape index (κ3) is 3.78. The SMILES string of the molecule is Cc1ccc([C@@H]2C[C@H](C)CCN2C(=O)CCc2cnccn2)o1. The van der Waals surface area contributed by atoms with Crippen LogP contribution in [0.3, 0.4) is 0 Å². The minimum atomic E-state index is 0.0572. The van der Waals surface area contributed by atoms with E-state index in [4.69, 9.17) is 4.42 Å². The van der Waals surface area contributed by atoms with Crippen molar-refractivity contribution in [2.45, 2.75) is 45.6 Å². The lowest BCUT2D eigenvalue weighted by atomic mass is 9.90. The number of amides is 1. The van der Waals surface area contributed by atoms with Gasteiger partial charge in [0.25, 0.3) is 0 Å². The van der Waals surface area contributed by atoms with Crippen LogP contribution >= 0.6 is 0 Å². The Bertz CT molecular complexity index is 653. The summed E-state index contributed by atoms with van der Waals surface area (Å²) < 4.78 is 5.80. The van der Waals surface area contributed by atoms with Crippen molar-refractivity contribution >= 4 is 5.91 Å². The molecule has 0 spiro atoms. The first-order valence-corrected chi connectivity index (χ1v) is 8.24. The Morgan fingerprint density at radius 2 is 2.26 bits per heavy atom. The third-order valence-electron chi connectivity index (χ3n) is 4.49. The van der Waals surface area contributed by atoms with Crippen molar-refractivity contribution in [3.8, 4) is 0 Å². The van der Waals surface area contributed by atoms with E-state index in [-0.39, 0.29) is 11.9 Å². The molecule has 5 nitrogen and oxygen atoms in total. The molecule has 23 heavy (non-hydrogen) atoms. The van der Waals surface area contributed by atoms with Gasteiger partial charge in [-0.05, 0) is 44.2 Å². The molecule has 1 amide bonds. The lowest BCUT2D eigenvalue weighted by Gasteiger charge is -2.37. The number of likely N-dealkylation sites (tertiary alicyclic amines) is 1. The Hall–Kier alpha value is -2.17. The van der Waals surface area contributed by atoms with Gasteiger partial charge in [-0.15, -0.1) is 0 Å². The summed E-state index contributed by atoms with van der Waals surface area (Å²) in [4.78, 5) is 23.0. The van der Waals surface area contributed by atoms with Gasteiger partial charge in [-0.3, -0.25) is 14.8 Å². The molecule has 2 aromatic rings. The summed E-state index contributed by atoms with van der Waals surface area (Å²) >= 11 is 0. The van der Waals surface area contributed by atoms with Gasteiger partial charge in [-0.2, -0.15) is 0 Å². The van der Waals surface area contributed by atoms with Crippen molar-refractivity contribution in [1.29, 1.82) is 0 Å². The smallest absolute Gasteiger partial charge is 0.223 e. The highest BCUT2D eigenvalue weighted by Crippen LogP contribution is 2.35. The summed E-state index contributed by atoms with van der Waals surface area (Å²) in [5, 5.41) is 0. The Balaban J connectivity index is 1.69. The summed E-state index contributed by atoms with van der Waals surface area (Å²) in [6.45, 7) is 4.98. The van der Waals surface area contributed by atoms with Gasteiger partial charge in [0.1, 0.15) is 11.5 Å². The van der Waals surface area contributed by atoms with Crippen molar-refractivity contribution < 1.29 is 9.21 Å². The molecule has 5 heteroatoms. The van der Waals surface area contributed by atoms with Gasteiger partial charge in [0, 0.05) is 31.6 Å². The van der Waals surface area contributed by atoms with Crippen LogP contribution in [0.2, 0.25) is 0 Å². The monoisotopic (exact) mass is 313 g/mol. The minimum Gasteiger partial charge on any atom is -0.464 e. The van der Waals surface area contributed by atoms with Crippen molar-refractivity contribution in [3.05, 3.63) is 47.9 Å². The fourth-order valence-electron chi connectivity index (χ4n) is 3.18. The van der Waals surface area contributed by atoms with Crippen LogP contribution in [0, 0.1) is 12.8 Å². The number of piperidine rings is 1. The fraction of sp³-hybridized carbons (Fsp3) is 0.500. The Kier molecular flexibility index (Phi) is 4.74. The molecule has 0 aromatic carbocycles. The van der Waals surface area contributed by atoms with Gasteiger partial charge in [-0.25, -0.2) is 0 Å². The molecule has 2 aromatic heterocycles. The summed E-state index contributed by atoms with van der Waals surface area (Å²) in [6.07, 6.45) is 8.13. The summed E-state index contributed by atoms with van der Waals surface area (Å²) in [6, 6.07) is 4.03. The molecular formula is C18H23N3O2. The molecule has 1 saturated heterocycles. The van der Waals surface area contributed by atoms with Gasteiger partial charge in [0.15, 0.2) is 0 Å². The highest BCUT2D eigenvalue weighted by molar-refractivity contribution is 5.77. The number of hydrogen-bond acceptors (Lipinski definition) is 4. The van der Waals surface area contributed by atoms with Gasteiger partial charge >= 0.3 is 0 Å². The van der Waals surface area contributed by atoms with E-state index >= 15 is 0 Å². The fourth-order valence-corrected chi connectivity index (χ4v) is 3.18. The van der Waals surface area contributed by atoms with Crippen molar-refractivity contribution in [3.63, 3.8) is 0 Å². The van der Waals surface area contributed by atoms with Crippen LogP contribution < -0.4 is 0 Å². The van der Waals surface area contributed by atoms with Gasteiger partial charge in [0.2, 0.25) is 5.91 Å². The summed E-state index contributed by atoms with van der Waals surface area (Å²) in [7, 11) is 0. The lowest BCUT2D eigenvalue weighted by molar-refractivity contribution is -0.136. The van der Waals surface area contributed by atoms with E-state index in [2.05, 4.69) is 16.9 Å². The number of carbonyl (C=O) groups is 1. The Morgan fingerprint density at radius 1 is 1.39 bits per heavy atom. The quantitative estimate of drug-likeness (QED) is 0.869. The summed E-state index contributed by atoms with van der Waals surface area (Å²) in [5.74, 6) is 2.57. The first kappa shape index (κ1) is 15.7. The molecule has 1 fully saturated rings. The molecule has 0 N–H and O–H groups in total. The van der Waals surface area contributed by atoms with Crippen LogP contribution in [0.25, 0.3) is 0 Å². The molecule has 1 aliphatic heterocycles. The Morgan fingerprint density at radius 3 is 2.96 bits per heavy atom. The second-order valence-electron chi connectivity index (χ2n) is 6.38. The molecule has 0 unspecified atom stereocenters. The standard InChI is InChI=1S/C18H23N3O2/c1-13-7-10-21(16(11-13)17-5-3-14(2)23-17)18(22)6-4-15-12-19-8-9-20-15/h3,5,8-9,12-13,16H,4,6-7,10-11H2,1-2H3/t13-,16+/m1/s1. The van der Waals surface area contributed by atoms with E-state index < -0.39 is 0 Å². The molecule has 2 atom stereocenters. The van der Waals surface area contributed by atoms with E-state index in [0.717, 1.165) is 36.6 Å². The summed E-state index contributed by atoms with van der Waals surface area (Å²) in [5.41, 5.74) is 0.858. The second kappa shape index (κ2) is 6.94. The maximum atomic E-state index is 12.7. The number of carbonyl (C=O) groups excluding carboxylic acids is 1. The average molecular weight is 313 g/mol. The van der Waals surface area contributed by atoms with Crippen LogP contribution in [0.15, 0.2) is 35.1 Å². The molecule has 0 saturated carbocycles. The van der Waals surface area contributed by atoms with Crippen LogP contribution in [0.1, 0.15) is 49.4 Å². The van der Waals surface area contributed by atoms with Crippen molar-refractivity contribution in [2.75, 3.05) is 6.54 Å². The zero-order valence-electron chi connectivity index (χ0n) is 13.7. The number of nitrogens with zero attached hydrogens (tertiary/aromatic N) is 3. The number of aromatic nitrogens is 2. The maximum absolute atomic E-state index is 12.7. The normalized spacial score (nSPS) is 21.4. The van der Waals surface area contributed by atoms with Crippen molar-refractivity contribution in [1.82, 2.24) is 14.9 Å². The third-order valence-corrected chi connectivity index (χ3v) is 4.49. The number of furan rings is 1. The highest BCUT2D eigenvalue weighted by atomic mass is 16.3. The zero-order valence-corrected chi connectivity index (χ0v) is 13.7. The molecule has 3 heterocycles. The van der Waals surface area contributed by atoms with E-state index in [1.807, 2.05) is 24.0 Å². The number of aryl methyl sites for hydroxylation is 2. The van der Waals surface area contributed by atoms with Crippen LogP contribution in [-0.4, -0.2) is 27.3 Å². The first-order chi connectivity index (χ1) is 11.1. The molecule has 0 bridgehead atoms. The Labute approximate surface area is 136 Å². The zero-order chi connectivity index (χ0) is 16.2. The largest absolute Gasteiger partial charge is 0.464 e. The lowest BCUT2D eigenvalue weighted by Crippen LogP contribution is -2.40. The molecule has 0 radical (unpaired) electrons. The van der Waals surface area contributed by atoms with E-state index in [9.17, 15) is 4.79 Å². The first-order valence-electron chi connectivity index (χ1n) is 8.24. The maximum Gasteiger partial charge on any atom is 0.223 e. The van der Waals surface area contributed by atoms with E-state index in [1.54, 1.807) is 18.6 Å². The van der Waals surface area contributed by atoms with Gasteiger partial charge in [0.05, 0.1) is 11.7 Å². The van der Waals surface area contributed by atoms with Crippen LogP contribution in [0.5, 0.6) is 0 Å². The van der Waals surface area contributed by atoms with E-state index in [1.165, 1.54) is 0 Å². The molecule has 3 rings (SSSR count). The van der Waals surface area contributed by atoms with E-state index in [0.29, 0.717) is 18.8 Å². The van der Waals surface area contributed by atoms with Gasteiger partial charge < -0.3 is 9.32 Å². The van der Waals surface area contributed by atoms with Gasteiger partial charge in [-0.1, -0.05) is 6.92 Å². The average Bonchev–Trinajstić information content (AvgIpc) is 3.00. The predicted octanol–water partition coefficient (Wildman–Crippen LogP) is 3.31. The second-order valence-corrected chi connectivity index (χ2v) is 6.38. The van der Waals surface area contributed by atoms with Crippen LogP contribution in [-0.2, 0) is 11.2 Å². The molecular weight excluding hydrogens is 290 g/mol. The highest BCUT2D eigenvalue weighted by Gasteiger charge is 2.32.